The molecule has 7 heteroatoms. The predicted molar refractivity (Wildman–Crippen MR) is 135 cm³/mol. The van der Waals surface area contributed by atoms with E-state index in [1.54, 1.807) is 54.6 Å². The quantitative estimate of drug-likeness (QED) is 0.521. The van der Waals surface area contributed by atoms with E-state index in [4.69, 9.17) is 0 Å². The second-order valence-corrected chi connectivity index (χ2v) is 10.6. The second kappa shape index (κ2) is 10.8. The molecule has 0 aliphatic carbocycles. The summed E-state index contributed by atoms with van der Waals surface area (Å²) >= 11 is 0. The number of carbonyl (C=O) groups excluding carboxylic acids is 1. The van der Waals surface area contributed by atoms with Gasteiger partial charge in [0.25, 0.3) is 15.9 Å². The molecule has 0 atom stereocenters. The molecule has 0 radical (unpaired) electrons. The highest BCUT2D eigenvalue weighted by Gasteiger charge is 2.24. The minimum atomic E-state index is -3.78. The van der Waals surface area contributed by atoms with Crippen molar-refractivity contribution in [1.82, 2.24) is 10.2 Å². The molecule has 1 amide bonds. The Morgan fingerprint density at radius 3 is 2.18 bits per heavy atom. The zero-order valence-corrected chi connectivity index (χ0v) is 20.3. The average Bonchev–Trinajstić information content (AvgIpc) is 2.89. The van der Waals surface area contributed by atoms with Crippen LogP contribution in [0.15, 0.2) is 83.8 Å². The van der Waals surface area contributed by atoms with Crippen LogP contribution < -0.4 is 9.62 Å². The Morgan fingerprint density at radius 2 is 1.47 bits per heavy atom. The zero-order chi connectivity index (χ0) is 24.0. The van der Waals surface area contributed by atoms with Crippen LogP contribution in [0.3, 0.4) is 0 Å². The summed E-state index contributed by atoms with van der Waals surface area (Å²) in [4.78, 5) is 15.7. The lowest BCUT2D eigenvalue weighted by atomic mass is 10.1. The number of carbonyl (C=O) groups is 1. The summed E-state index contributed by atoms with van der Waals surface area (Å²) in [6.45, 7) is 3.64. The van der Waals surface area contributed by atoms with Crippen molar-refractivity contribution in [1.29, 1.82) is 0 Å². The van der Waals surface area contributed by atoms with E-state index < -0.39 is 10.0 Å². The summed E-state index contributed by atoms with van der Waals surface area (Å²) < 4.78 is 27.3. The number of rotatable bonds is 8. The first-order chi connectivity index (χ1) is 16.4. The fourth-order valence-electron chi connectivity index (χ4n) is 4.24. The van der Waals surface area contributed by atoms with Gasteiger partial charge in [0.1, 0.15) is 0 Å². The number of sulfonamides is 1. The SMILES string of the molecule is CN(c1ccccc1C(=O)NCc1ccc(CN2CCCCC2)cc1)S(=O)(=O)c1ccccc1. The summed E-state index contributed by atoms with van der Waals surface area (Å²) in [5.41, 5.74) is 2.92. The molecule has 0 spiro atoms. The van der Waals surface area contributed by atoms with Crippen molar-refractivity contribution in [2.45, 2.75) is 37.2 Å². The smallest absolute Gasteiger partial charge is 0.264 e. The van der Waals surface area contributed by atoms with E-state index in [1.165, 1.54) is 31.9 Å². The Morgan fingerprint density at radius 1 is 0.853 bits per heavy atom. The normalized spacial score (nSPS) is 14.5. The van der Waals surface area contributed by atoms with E-state index in [2.05, 4.69) is 22.3 Å². The molecule has 0 bridgehead atoms. The van der Waals surface area contributed by atoms with Crippen LogP contribution in [0.5, 0.6) is 0 Å². The summed E-state index contributed by atoms with van der Waals surface area (Å²) in [7, 11) is -2.32. The number of piperidine rings is 1. The van der Waals surface area contributed by atoms with Gasteiger partial charge in [0.2, 0.25) is 0 Å². The molecule has 1 saturated heterocycles. The van der Waals surface area contributed by atoms with Crippen molar-refractivity contribution in [3.8, 4) is 0 Å². The predicted octanol–water partition coefficient (Wildman–Crippen LogP) is 4.43. The largest absolute Gasteiger partial charge is 0.348 e. The summed E-state index contributed by atoms with van der Waals surface area (Å²) in [6.07, 6.45) is 3.87. The van der Waals surface area contributed by atoms with Crippen LogP contribution in [0, 0.1) is 0 Å². The number of para-hydroxylation sites is 1. The number of likely N-dealkylation sites (tertiary alicyclic amines) is 1. The van der Waals surface area contributed by atoms with Gasteiger partial charge in [0.05, 0.1) is 16.1 Å². The number of hydrogen-bond acceptors (Lipinski definition) is 4. The molecule has 1 fully saturated rings. The number of nitrogens with one attached hydrogen (secondary N) is 1. The Bertz CT molecular complexity index is 1210. The molecule has 0 saturated carbocycles. The van der Waals surface area contributed by atoms with Gasteiger partial charge in [-0.1, -0.05) is 61.0 Å². The van der Waals surface area contributed by atoms with Crippen LogP contribution in [0.1, 0.15) is 40.7 Å². The van der Waals surface area contributed by atoms with Crippen molar-refractivity contribution in [2.75, 3.05) is 24.4 Å². The van der Waals surface area contributed by atoms with Crippen LogP contribution in [-0.4, -0.2) is 39.4 Å². The van der Waals surface area contributed by atoms with Gasteiger partial charge in [0.15, 0.2) is 0 Å². The van der Waals surface area contributed by atoms with Gasteiger partial charge in [-0.2, -0.15) is 0 Å². The van der Waals surface area contributed by atoms with Crippen molar-refractivity contribution >= 4 is 21.6 Å². The fourth-order valence-corrected chi connectivity index (χ4v) is 5.47. The van der Waals surface area contributed by atoms with Crippen LogP contribution >= 0.6 is 0 Å². The third-order valence-corrected chi connectivity index (χ3v) is 8.01. The van der Waals surface area contributed by atoms with Gasteiger partial charge in [-0.3, -0.25) is 14.0 Å². The molecule has 3 aromatic carbocycles. The maximum atomic E-state index is 13.1. The first-order valence-electron chi connectivity index (χ1n) is 11.7. The van der Waals surface area contributed by atoms with E-state index in [0.29, 0.717) is 17.8 Å². The molecule has 1 N–H and O–H groups in total. The monoisotopic (exact) mass is 477 g/mol. The highest BCUT2D eigenvalue weighted by atomic mass is 32.2. The Labute approximate surface area is 202 Å². The lowest BCUT2D eigenvalue weighted by Crippen LogP contribution is -2.30. The van der Waals surface area contributed by atoms with Gasteiger partial charge < -0.3 is 5.32 Å². The van der Waals surface area contributed by atoms with Crippen LogP contribution in [-0.2, 0) is 23.1 Å². The molecule has 4 rings (SSSR count). The summed E-state index contributed by atoms with van der Waals surface area (Å²) in [5, 5.41) is 2.93. The number of anilines is 1. The Balaban J connectivity index is 1.42. The van der Waals surface area contributed by atoms with Gasteiger partial charge in [-0.05, 0) is 61.3 Å². The molecule has 1 aliphatic rings. The van der Waals surface area contributed by atoms with E-state index in [9.17, 15) is 13.2 Å². The van der Waals surface area contributed by atoms with E-state index in [-0.39, 0.29) is 10.8 Å². The fraction of sp³-hybridized carbons (Fsp3) is 0.296. The van der Waals surface area contributed by atoms with E-state index in [1.807, 2.05) is 12.1 Å². The van der Waals surface area contributed by atoms with Crippen LogP contribution in [0.25, 0.3) is 0 Å². The molecule has 1 heterocycles. The Hall–Kier alpha value is -3.16. The third-order valence-electron chi connectivity index (χ3n) is 6.22. The number of amides is 1. The van der Waals surface area contributed by atoms with Crippen molar-refractivity contribution < 1.29 is 13.2 Å². The van der Waals surface area contributed by atoms with Crippen molar-refractivity contribution in [2.24, 2.45) is 0 Å². The van der Waals surface area contributed by atoms with E-state index >= 15 is 0 Å². The number of benzene rings is 3. The summed E-state index contributed by atoms with van der Waals surface area (Å²) in [6, 6.07) is 23.3. The van der Waals surface area contributed by atoms with Gasteiger partial charge in [-0.15, -0.1) is 0 Å². The maximum absolute atomic E-state index is 13.1. The van der Waals surface area contributed by atoms with Crippen molar-refractivity contribution in [3.63, 3.8) is 0 Å². The second-order valence-electron chi connectivity index (χ2n) is 8.64. The molecule has 34 heavy (non-hydrogen) atoms. The first-order valence-corrected chi connectivity index (χ1v) is 13.1. The van der Waals surface area contributed by atoms with Crippen LogP contribution in [0.2, 0.25) is 0 Å². The maximum Gasteiger partial charge on any atom is 0.264 e. The molecule has 3 aromatic rings. The van der Waals surface area contributed by atoms with E-state index in [0.717, 1.165) is 29.5 Å². The topological polar surface area (TPSA) is 69.7 Å². The molecular formula is C27H31N3O3S. The lowest BCUT2D eigenvalue weighted by molar-refractivity contribution is 0.0951. The van der Waals surface area contributed by atoms with Gasteiger partial charge in [0, 0.05) is 20.1 Å². The summed E-state index contributed by atoms with van der Waals surface area (Å²) in [5.74, 6) is -0.317. The molecule has 1 aliphatic heterocycles. The first kappa shape index (κ1) is 24.0. The van der Waals surface area contributed by atoms with Crippen molar-refractivity contribution in [3.05, 3.63) is 95.6 Å². The lowest BCUT2D eigenvalue weighted by Gasteiger charge is -2.26. The molecular weight excluding hydrogens is 446 g/mol. The zero-order valence-electron chi connectivity index (χ0n) is 19.5. The van der Waals surface area contributed by atoms with Gasteiger partial charge in [-0.25, -0.2) is 8.42 Å². The molecule has 178 valence electrons. The van der Waals surface area contributed by atoms with Gasteiger partial charge >= 0.3 is 0 Å². The average molecular weight is 478 g/mol. The number of hydrogen-bond donors (Lipinski definition) is 1. The highest BCUT2D eigenvalue weighted by Crippen LogP contribution is 2.25. The minimum absolute atomic E-state index is 0.178. The minimum Gasteiger partial charge on any atom is -0.348 e. The molecule has 0 aromatic heterocycles. The van der Waals surface area contributed by atoms with Crippen LogP contribution in [0.4, 0.5) is 5.69 Å². The molecule has 6 nitrogen and oxygen atoms in total. The highest BCUT2D eigenvalue weighted by molar-refractivity contribution is 7.92. The Kier molecular flexibility index (Phi) is 7.65. The standard InChI is InChI=1S/C27H31N3O3S/c1-29(34(32,33)24-10-4-2-5-11-24)26-13-7-6-12-25(26)27(31)28-20-22-14-16-23(17-15-22)21-30-18-8-3-9-19-30/h2,4-7,10-17H,3,8-9,18-21H2,1H3,(H,28,31). The molecule has 0 unspecified atom stereocenters. The number of nitrogens with zero attached hydrogens (tertiary/aromatic N) is 2. The third kappa shape index (κ3) is 5.66.